The summed E-state index contributed by atoms with van der Waals surface area (Å²) in [7, 11) is 0. The Hall–Kier alpha value is -1.17. The SMILES string of the molecule is CCn1nccc1C(NN)c1ccsc1. The molecule has 1 unspecified atom stereocenters. The Bertz CT molecular complexity index is 407. The Morgan fingerprint density at radius 1 is 1.60 bits per heavy atom. The van der Waals surface area contributed by atoms with E-state index < -0.39 is 0 Å². The number of nitrogens with zero attached hydrogens (tertiary/aromatic N) is 2. The minimum Gasteiger partial charge on any atom is -0.271 e. The molecule has 0 aliphatic rings. The number of hydrogen-bond acceptors (Lipinski definition) is 4. The monoisotopic (exact) mass is 222 g/mol. The van der Waals surface area contributed by atoms with Gasteiger partial charge in [0.1, 0.15) is 0 Å². The molecule has 0 bridgehead atoms. The van der Waals surface area contributed by atoms with Gasteiger partial charge in [0.15, 0.2) is 0 Å². The maximum Gasteiger partial charge on any atom is 0.0886 e. The first-order valence-corrected chi connectivity index (χ1v) is 5.81. The fraction of sp³-hybridized carbons (Fsp3) is 0.300. The first-order valence-electron chi connectivity index (χ1n) is 4.86. The third-order valence-corrected chi connectivity index (χ3v) is 3.09. The van der Waals surface area contributed by atoms with Crippen LogP contribution in [0.3, 0.4) is 0 Å². The van der Waals surface area contributed by atoms with Crippen molar-refractivity contribution in [2.45, 2.75) is 19.5 Å². The van der Waals surface area contributed by atoms with E-state index in [0.717, 1.165) is 12.2 Å². The summed E-state index contributed by atoms with van der Waals surface area (Å²) in [6.07, 6.45) is 1.80. The molecule has 1 atom stereocenters. The molecule has 2 aromatic heterocycles. The summed E-state index contributed by atoms with van der Waals surface area (Å²) >= 11 is 1.67. The van der Waals surface area contributed by atoms with Gasteiger partial charge in [-0.1, -0.05) is 0 Å². The van der Waals surface area contributed by atoms with Crippen molar-refractivity contribution in [1.82, 2.24) is 15.2 Å². The van der Waals surface area contributed by atoms with Crippen LogP contribution in [-0.2, 0) is 6.54 Å². The molecule has 0 saturated carbocycles. The number of thiophene rings is 1. The third-order valence-electron chi connectivity index (χ3n) is 2.39. The van der Waals surface area contributed by atoms with Gasteiger partial charge in [0.25, 0.3) is 0 Å². The van der Waals surface area contributed by atoms with Gasteiger partial charge < -0.3 is 0 Å². The number of rotatable bonds is 4. The van der Waals surface area contributed by atoms with E-state index in [9.17, 15) is 0 Å². The summed E-state index contributed by atoms with van der Waals surface area (Å²) in [6.45, 7) is 2.92. The zero-order valence-corrected chi connectivity index (χ0v) is 9.37. The van der Waals surface area contributed by atoms with Gasteiger partial charge in [-0.05, 0) is 35.4 Å². The molecule has 2 aromatic rings. The lowest BCUT2D eigenvalue weighted by Gasteiger charge is -2.15. The summed E-state index contributed by atoms with van der Waals surface area (Å²) in [4.78, 5) is 0. The average Bonchev–Trinajstić information content (AvgIpc) is 2.89. The van der Waals surface area contributed by atoms with Gasteiger partial charge in [-0.25, -0.2) is 5.43 Å². The van der Waals surface area contributed by atoms with Crippen LogP contribution in [0.4, 0.5) is 0 Å². The lowest BCUT2D eigenvalue weighted by atomic mass is 10.1. The number of nitrogens with two attached hydrogens (primary N) is 1. The standard InChI is InChI=1S/C10H14N4S/c1-2-14-9(3-5-12-14)10(13-11)8-4-6-15-7-8/h3-7,10,13H,2,11H2,1H3. The van der Waals surface area contributed by atoms with Crippen LogP contribution in [0.25, 0.3) is 0 Å². The third kappa shape index (κ3) is 1.94. The quantitative estimate of drug-likeness (QED) is 0.609. The smallest absolute Gasteiger partial charge is 0.0886 e. The second kappa shape index (κ2) is 4.57. The van der Waals surface area contributed by atoms with Crippen molar-refractivity contribution in [2.75, 3.05) is 0 Å². The van der Waals surface area contributed by atoms with Crippen molar-refractivity contribution in [3.8, 4) is 0 Å². The molecule has 0 amide bonds. The Morgan fingerprint density at radius 2 is 2.47 bits per heavy atom. The molecule has 0 aliphatic heterocycles. The number of nitrogens with one attached hydrogen (secondary N) is 1. The van der Waals surface area contributed by atoms with Crippen molar-refractivity contribution >= 4 is 11.3 Å². The second-order valence-corrected chi connectivity index (χ2v) is 4.01. The maximum atomic E-state index is 5.59. The van der Waals surface area contributed by atoms with Crippen molar-refractivity contribution in [2.24, 2.45) is 5.84 Å². The van der Waals surface area contributed by atoms with E-state index in [-0.39, 0.29) is 6.04 Å². The molecular weight excluding hydrogens is 208 g/mol. The van der Waals surface area contributed by atoms with Crippen molar-refractivity contribution in [3.63, 3.8) is 0 Å². The number of hydrazine groups is 1. The molecule has 0 spiro atoms. The predicted octanol–water partition coefficient (Wildman–Crippen LogP) is 1.52. The van der Waals surface area contributed by atoms with E-state index in [1.807, 2.05) is 16.1 Å². The summed E-state index contributed by atoms with van der Waals surface area (Å²) in [5, 5.41) is 8.38. The molecule has 0 saturated heterocycles. The molecule has 2 rings (SSSR count). The first-order chi connectivity index (χ1) is 7.36. The van der Waals surface area contributed by atoms with Crippen LogP contribution >= 0.6 is 11.3 Å². The van der Waals surface area contributed by atoms with E-state index >= 15 is 0 Å². The highest BCUT2D eigenvalue weighted by Crippen LogP contribution is 2.22. The molecule has 2 heterocycles. The van der Waals surface area contributed by atoms with Crippen molar-refractivity contribution in [1.29, 1.82) is 0 Å². The lowest BCUT2D eigenvalue weighted by molar-refractivity contribution is 0.544. The van der Waals surface area contributed by atoms with E-state index in [0.29, 0.717) is 0 Å². The van der Waals surface area contributed by atoms with Crippen LogP contribution in [0.2, 0.25) is 0 Å². The van der Waals surface area contributed by atoms with Crippen LogP contribution in [0.15, 0.2) is 29.1 Å². The highest BCUT2D eigenvalue weighted by atomic mass is 32.1. The maximum absolute atomic E-state index is 5.59. The van der Waals surface area contributed by atoms with Gasteiger partial charge in [-0.15, -0.1) is 0 Å². The molecule has 0 aliphatic carbocycles. The summed E-state index contributed by atoms with van der Waals surface area (Å²) < 4.78 is 1.95. The molecule has 0 radical (unpaired) electrons. The van der Waals surface area contributed by atoms with Crippen LogP contribution in [0, 0.1) is 0 Å². The molecule has 3 N–H and O–H groups in total. The Kier molecular flexibility index (Phi) is 3.15. The number of hydrogen-bond donors (Lipinski definition) is 2. The fourth-order valence-electron chi connectivity index (χ4n) is 1.64. The van der Waals surface area contributed by atoms with Gasteiger partial charge >= 0.3 is 0 Å². The second-order valence-electron chi connectivity index (χ2n) is 3.23. The number of aromatic nitrogens is 2. The predicted molar refractivity (Wildman–Crippen MR) is 61.4 cm³/mol. The molecule has 5 heteroatoms. The van der Waals surface area contributed by atoms with Crippen LogP contribution in [0.1, 0.15) is 24.2 Å². The van der Waals surface area contributed by atoms with Crippen LogP contribution in [0.5, 0.6) is 0 Å². The zero-order chi connectivity index (χ0) is 10.7. The van der Waals surface area contributed by atoms with Gasteiger partial charge in [0, 0.05) is 12.7 Å². The average molecular weight is 222 g/mol. The Balaban J connectivity index is 2.35. The fourth-order valence-corrected chi connectivity index (χ4v) is 2.33. The Morgan fingerprint density at radius 3 is 3.07 bits per heavy atom. The van der Waals surface area contributed by atoms with Crippen molar-refractivity contribution in [3.05, 3.63) is 40.3 Å². The topological polar surface area (TPSA) is 55.9 Å². The molecule has 0 fully saturated rings. The number of aryl methyl sites for hydroxylation is 1. The van der Waals surface area contributed by atoms with Crippen LogP contribution in [-0.4, -0.2) is 9.78 Å². The van der Waals surface area contributed by atoms with Gasteiger partial charge in [0.2, 0.25) is 0 Å². The highest BCUT2D eigenvalue weighted by molar-refractivity contribution is 7.08. The first kappa shape index (κ1) is 10.4. The molecule has 0 aromatic carbocycles. The van der Waals surface area contributed by atoms with E-state index in [2.05, 4.69) is 28.9 Å². The summed E-state index contributed by atoms with van der Waals surface area (Å²) in [5.74, 6) is 5.59. The molecule has 15 heavy (non-hydrogen) atoms. The minimum atomic E-state index is 0.0266. The van der Waals surface area contributed by atoms with Gasteiger partial charge in [-0.2, -0.15) is 16.4 Å². The Labute approximate surface area is 92.7 Å². The normalized spacial score (nSPS) is 12.9. The van der Waals surface area contributed by atoms with Crippen LogP contribution < -0.4 is 11.3 Å². The molecular formula is C10H14N4S. The van der Waals surface area contributed by atoms with Crippen molar-refractivity contribution < 1.29 is 0 Å². The van der Waals surface area contributed by atoms with E-state index in [1.54, 1.807) is 17.5 Å². The van der Waals surface area contributed by atoms with Gasteiger partial charge in [0.05, 0.1) is 11.7 Å². The lowest BCUT2D eigenvalue weighted by Crippen LogP contribution is -2.30. The zero-order valence-electron chi connectivity index (χ0n) is 8.55. The largest absolute Gasteiger partial charge is 0.271 e. The summed E-state index contributed by atoms with van der Waals surface area (Å²) in [6, 6.07) is 4.09. The molecule has 4 nitrogen and oxygen atoms in total. The summed E-state index contributed by atoms with van der Waals surface area (Å²) in [5.41, 5.74) is 5.10. The van der Waals surface area contributed by atoms with E-state index in [1.165, 1.54) is 5.56 Å². The van der Waals surface area contributed by atoms with Gasteiger partial charge in [-0.3, -0.25) is 10.5 Å². The minimum absolute atomic E-state index is 0.0266. The van der Waals surface area contributed by atoms with E-state index in [4.69, 9.17) is 5.84 Å². The highest BCUT2D eigenvalue weighted by Gasteiger charge is 2.16. The molecule has 80 valence electrons.